The highest BCUT2D eigenvalue weighted by molar-refractivity contribution is 6.04. The van der Waals surface area contributed by atoms with Gasteiger partial charge >= 0.3 is 0 Å². The maximum Gasteiger partial charge on any atom is 0.261 e. The van der Waals surface area contributed by atoms with Crippen LogP contribution in [0.3, 0.4) is 0 Å². The summed E-state index contributed by atoms with van der Waals surface area (Å²) in [6.07, 6.45) is 7.55. The maximum absolute atomic E-state index is 14.9. The molecular formula is C28H20F3N5O3. The van der Waals surface area contributed by atoms with Gasteiger partial charge in [-0.3, -0.25) is 19.3 Å². The zero-order valence-electron chi connectivity index (χ0n) is 20.7. The number of benzene rings is 2. The second-order valence-corrected chi connectivity index (χ2v) is 8.69. The van der Waals surface area contributed by atoms with Crippen molar-refractivity contribution in [3.05, 3.63) is 113 Å². The summed E-state index contributed by atoms with van der Waals surface area (Å²) in [7, 11) is 3.34. The first-order valence-corrected chi connectivity index (χ1v) is 11.6. The average molecular weight is 531 g/mol. The van der Waals surface area contributed by atoms with Gasteiger partial charge in [-0.1, -0.05) is 12.1 Å². The Balaban J connectivity index is 1.39. The molecule has 5 rings (SSSR count). The van der Waals surface area contributed by atoms with Crippen molar-refractivity contribution in [1.82, 2.24) is 19.3 Å². The number of pyridine rings is 2. The van der Waals surface area contributed by atoms with Gasteiger partial charge in [0.05, 0.1) is 17.6 Å². The first-order chi connectivity index (χ1) is 18.7. The average Bonchev–Trinajstić information content (AvgIpc) is 3.35. The smallest absolute Gasteiger partial charge is 0.261 e. The fourth-order valence-electron chi connectivity index (χ4n) is 3.91. The van der Waals surface area contributed by atoms with Crippen molar-refractivity contribution in [3.63, 3.8) is 0 Å². The molecule has 3 aromatic heterocycles. The van der Waals surface area contributed by atoms with Gasteiger partial charge in [0.1, 0.15) is 17.1 Å². The van der Waals surface area contributed by atoms with Gasteiger partial charge in [0.2, 0.25) is 5.43 Å². The predicted octanol–water partition coefficient (Wildman–Crippen LogP) is 5.31. The molecule has 0 saturated heterocycles. The summed E-state index contributed by atoms with van der Waals surface area (Å²) in [6, 6.07) is 9.78. The Bertz CT molecular complexity index is 1760. The topological polar surface area (TPSA) is 91.0 Å². The molecule has 0 aliphatic carbocycles. The molecule has 3 heterocycles. The van der Waals surface area contributed by atoms with E-state index in [1.54, 1.807) is 37.2 Å². The Morgan fingerprint density at radius 1 is 0.923 bits per heavy atom. The summed E-state index contributed by atoms with van der Waals surface area (Å²) in [6.45, 7) is 0. The molecule has 0 spiro atoms. The second-order valence-electron chi connectivity index (χ2n) is 8.69. The number of halogens is 3. The van der Waals surface area contributed by atoms with Crippen molar-refractivity contribution in [1.29, 1.82) is 0 Å². The third-order valence-electron chi connectivity index (χ3n) is 5.78. The largest absolute Gasteiger partial charge is 0.454 e. The Labute approximate surface area is 219 Å². The number of anilines is 1. The molecule has 0 atom stereocenters. The minimum absolute atomic E-state index is 0.142. The summed E-state index contributed by atoms with van der Waals surface area (Å²) < 4.78 is 51.7. The number of hydrogen-bond acceptors (Lipinski definition) is 5. The van der Waals surface area contributed by atoms with Gasteiger partial charge in [-0.2, -0.15) is 5.10 Å². The van der Waals surface area contributed by atoms with Crippen molar-refractivity contribution >= 4 is 11.6 Å². The molecule has 8 nitrogen and oxygen atoms in total. The number of ether oxygens (including phenoxy) is 1. The minimum atomic E-state index is -0.979. The zero-order chi connectivity index (χ0) is 27.7. The molecule has 5 aromatic rings. The number of nitrogens with one attached hydrogen (secondary N) is 1. The van der Waals surface area contributed by atoms with E-state index >= 15 is 0 Å². The lowest BCUT2D eigenvalue weighted by Gasteiger charge is -2.12. The van der Waals surface area contributed by atoms with E-state index in [-0.39, 0.29) is 16.9 Å². The Hall–Kier alpha value is -5.19. The van der Waals surface area contributed by atoms with Crippen LogP contribution in [0.25, 0.3) is 22.4 Å². The van der Waals surface area contributed by atoms with Crippen LogP contribution in [0.1, 0.15) is 10.4 Å². The molecule has 0 aliphatic rings. The fourth-order valence-corrected chi connectivity index (χ4v) is 3.91. The summed E-state index contributed by atoms with van der Waals surface area (Å²) in [5.41, 5.74) is 0.332. The van der Waals surface area contributed by atoms with Crippen molar-refractivity contribution in [3.8, 4) is 33.9 Å². The normalized spacial score (nSPS) is 10.9. The lowest BCUT2D eigenvalue weighted by atomic mass is 10.0. The third kappa shape index (κ3) is 5.42. The molecule has 0 bridgehead atoms. The number of rotatable bonds is 6. The van der Waals surface area contributed by atoms with Crippen LogP contribution < -0.4 is 15.5 Å². The van der Waals surface area contributed by atoms with Gasteiger partial charge in [-0.25, -0.2) is 13.2 Å². The molecule has 39 heavy (non-hydrogen) atoms. The second kappa shape index (κ2) is 10.3. The molecule has 11 heteroatoms. The number of carbonyl (C=O) groups excluding carboxylic acids is 1. The van der Waals surface area contributed by atoms with E-state index in [0.717, 1.165) is 12.1 Å². The number of hydrogen-bond donors (Lipinski definition) is 1. The summed E-state index contributed by atoms with van der Waals surface area (Å²) in [5.74, 6) is -3.55. The lowest BCUT2D eigenvalue weighted by molar-refractivity contribution is 0.102. The van der Waals surface area contributed by atoms with Crippen LogP contribution in [-0.2, 0) is 14.1 Å². The molecule has 0 aliphatic heterocycles. The van der Waals surface area contributed by atoms with Crippen molar-refractivity contribution in [2.24, 2.45) is 14.1 Å². The molecule has 0 fully saturated rings. The molecule has 0 unspecified atom stereocenters. The predicted molar refractivity (Wildman–Crippen MR) is 138 cm³/mol. The quantitative estimate of drug-likeness (QED) is 0.321. The van der Waals surface area contributed by atoms with Gasteiger partial charge in [0, 0.05) is 68.2 Å². The van der Waals surface area contributed by atoms with Crippen molar-refractivity contribution in [2.45, 2.75) is 0 Å². The van der Waals surface area contributed by atoms with Gasteiger partial charge in [-0.15, -0.1) is 0 Å². The van der Waals surface area contributed by atoms with Crippen LogP contribution in [-0.4, -0.2) is 25.2 Å². The SMILES string of the molecule is Cn1cc(C(=O)Nc2cc(F)c(Oc3ccnc(-c4cnn(C)c4)c3)cc2F)c(=O)c(-c2ccc(F)cc2)c1. The number of aryl methyl sites for hydroxylation is 2. The van der Waals surface area contributed by atoms with Crippen molar-refractivity contribution in [2.75, 3.05) is 5.32 Å². The van der Waals surface area contributed by atoms with Gasteiger partial charge in [0.15, 0.2) is 17.4 Å². The van der Waals surface area contributed by atoms with Gasteiger partial charge < -0.3 is 14.6 Å². The molecule has 196 valence electrons. The summed E-state index contributed by atoms with van der Waals surface area (Å²) in [5, 5.41) is 6.32. The molecule has 1 N–H and O–H groups in total. The Morgan fingerprint density at radius 3 is 2.41 bits per heavy atom. The monoisotopic (exact) mass is 531 g/mol. The molecule has 0 radical (unpaired) electrons. The van der Waals surface area contributed by atoms with E-state index in [1.807, 2.05) is 0 Å². The van der Waals surface area contributed by atoms with E-state index in [2.05, 4.69) is 15.4 Å². The van der Waals surface area contributed by atoms with Crippen molar-refractivity contribution < 1.29 is 22.7 Å². The fraction of sp³-hybridized carbons (Fsp3) is 0.0714. The third-order valence-corrected chi connectivity index (χ3v) is 5.78. The van der Waals surface area contributed by atoms with E-state index < -0.39 is 40.2 Å². The van der Waals surface area contributed by atoms with E-state index in [9.17, 15) is 22.8 Å². The lowest BCUT2D eigenvalue weighted by Crippen LogP contribution is -2.24. The van der Waals surface area contributed by atoms with Crippen LogP contribution in [0.15, 0.2) is 84.3 Å². The highest BCUT2D eigenvalue weighted by Gasteiger charge is 2.19. The zero-order valence-corrected chi connectivity index (χ0v) is 20.7. The van der Waals surface area contributed by atoms with Crippen LogP contribution in [0.5, 0.6) is 11.5 Å². The number of nitrogens with zero attached hydrogens (tertiary/aromatic N) is 4. The van der Waals surface area contributed by atoms with E-state index in [4.69, 9.17) is 4.74 Å². The Morgan fingerprint density at radius 2 is 1.69 bits per heavy atom. The molecule has 0 saturated carbocycles. The standard InChI is InChI=1S/C28H20F3N5O3/c1-35-14-20(16-3-5-18(29)6-4-16)27(37)21(15-35)28(38)34-25-10-23(31)26(11-22(25)30)39-19-7-8-32-24(9-19)17-12-33-36(2)13-17/h3-15H,1-2H3,(H,34,38). The maximum atomic E-state index is 14.9. The molecule has 1 amide bonds. The summed E-state index contributed by atoms with van der Waals surface area (Å²) in [4.78, 5) is 30.2. The first kappa shape index (κ1) is 25.5. The molecule has 2 aromatic carbocycles. The van der Waals surface area contributed by atoms with Crippen LogP contribution >= 0.6 is 0 Å². The van der Waals surface area contributed by atoms with Gasteiger partial charge in [-0.05, 0) is 23.8 Å². The van der Waals surface area contributed by atoms with E-state index in [1.165, 1.54) is 53.5 Å². The Kier molecular flexibility index (Phi) is 6.72. The highest BCUT2D eigenvalue weighted by atomic mass is 19.1. The van der Waals surface area contributed by atoms with Crippen LogP contribution in [0, 0.1) is 17.5 Å². The van der Waals surface area contributed by atoms with Crippen LogP contribution in [0.2, 0.25) is 0 Å². The number of carbonyl (C=O) groups is 1. The molecular weight excluding hydrogens is 511 g/mol. The summed E-state index contributed by atoms with van der Waals surface area (Å²) >= 11 is 0. The van der Waals surface area contributed by atoms with Gasteiger partial charge in [0.25, 0.3) is 5.91 Å². The number of amides is 1. The highest BCUT2D eigenvalue weighted by Crippen LogP contribution is 2.31. The minimum Gasteiger partial charge on any atom is -0.454 e. The van der Waals surface area contributed by atoms with Crippen LogP contribution in [0.4, 0.5) is 18.9 Å². The number of aromatic nitrogens is 4. The first-order valence-electron chi connectivity index (χ1n) is 11.6. The van der Waals surface area contributed by atoms with E-state index in [0.29, 0.717) is 16.8 Å².